The molecule has 32 heavy (non-hydrogen) atoms. The molecule has 1 atom stereocenters. The van der Waals surface area contributed by atoms with Gasteiger partial charge in [-0.15, -0.1) is 0 Å². The Balaban J connectivity index is 1.54. The van der Waals surface area contributed by atoms with Gasteiger partial charge in [-0.25, -0.2) is 8.42 Å². The molecule has 1 saturated heterocycles. The number of amides is 2. The lowest BCUT2D eigenvalue weighted by Gasteiger charge is -2.23. The molecule has 0 bridgehead atoms. The van der Waals surface area contributed by atoms with Crippen LogP contribution in [0.15, 0.2) is 53.4 Å². The minimum Gasteiger partial charge on any atom is -0.496 e. The molecule has 0 spiro atoms. The average molecular weight is 462 g/mol. The molecule has 2 amide bonds. The van der Waals surface area contributed by atoms with Crippen LogP contribution in [-0.2, 0) is 30.8 Å². The molecule has 1 heterocycles. The molecule has 1 aliphatic heterocycles. The summed E-state index contributed by atoms with van der Waals surface area (Å²) in [7, 11) is -2.33. The number of aryl methyl sites for hydroxylation is 1. The number of rotatable bonds is 8. The Bertz CT molecular complexity index is 1060. The fraction of sp³-hybridized carbons (Fsp3) is 0.364. The van der Waals surface area contributed by atoms with E-state index in [1.165, 1.54) is 23.5 Å². The third-order valence-corrected chi connectivity index (χ3v) is 6.99. The van der Waals surface area contributed by atoms with Crippen molar-refractivity contribution in [1.82, 2.24) is 14.9 Å². The van der Waals surface area contributed by atoms with E-state index in [2.05, 4.69) is 10.6 Å². The van der Waals surface area contributed by atoms with Crippen molar-refractivity contribution in [2.75, 3.05) is 33.4 Å². The number of sulfonamides is 1. The lowest BCUT2D eigenvalue weighted by molar-refractivity contribution is -0.139. The monoisotopic (exact) mass is 461 g/mol. The smallest absolute Gasteiger partial charge is 0.309 e. The van der Waals surface area contributed by atoms with Gasteiger partial charge in [-0.1, -0.05) is 30.3 Å². The van der Waals surface area contributed by atoms with Gasteiger partial charge in [-0.05, 0) is 42.7 Å². The number of nitrogens with zero attached hydrogens (tertiary/aromatic N) is 1. The second-order valence-corrected chi connectivity index (χ2v) is 9.16. The topological polar surface area (TPSA) is 114 Å². The highest BCUT2D eigenvalue weighted by molar-refractivity contribution is 7.89. The number of methoxy groups -OCH3 is 1. The molecule has 10 heteroatoms. The summed E-state index contributed by atoms with van der Waals surface area (Å²) in [5.74, 6) is -1.03. The normalized spacial score (nSPS) is 16.5. The third kappa shape index (κ3) is 5.64. The second-order valence-electron chi connectivity index (χ2n) is 7.27. The number of benzene rings is 2. The van der Waals surface area contributed by atoms with E-state index in [0.717, 1.165) is 5.56 Å². The van der Waals surface area contributed by atoms with Crippen LogP contribution in [0.2, 0.25) is 0 Å². The van der Waals surface area contributed by atoms with Crippen LogP contribution in [0.1, 0.15) is 11.1 Å². The molecule has 2 aromatic rings. The van der Waals surface area contributed by atoms with Gasteiger partial charge in [0.05, 0.1) is 25.2 Å². The summed E-state index contributed by atoms with van der Waals surface area (Å²) in [5, 5.41) is 5.01. The first-order chi connectivity index (χ1) is 15.3. The molecule has 1 aliphatic rings. The highest BCUT2D eigenvalue weighted by Gasteiger charge is 2.37. The molecular weight excluding hydrogens is 434 g/mol. The SMILES string of the molecule is COc1ccc(S(=O)(=O)N2CCO[C@H]2CNC(=O)C(=O)NCCc2ccccc2)cc1C. The molecule has 2 aromatic carbocycles. The van der Waals surface area contributed by atoms with E-state index in [1.54, 1.807) is 13.0 Å². The predicted molar refractivity (Wildman–Crippen MR) is 118 cm³/mol. The molecule has 3 rings (SSSR count). The lowest BCUT2D eigenvalue weighted by atomic mass is 10.1. The van der Waals surface area contributed by atoms with Crippen LogP contribution >= 0.6 is 0 Å². The standard InChI is InChI=1S/C22H27N3O6S/c1-16-14-18(8-9-19(16)30-2)32(28,29)25-12-13-31-20(25)15-24-22(27)21(26)23-11-10-17-6-4-3-5-7-17/h3-9,14,20H,10-13,15H2,1-2H3,(H,23,26)(H,24,27)/t20-/m0/s1. The van der Waals surface area contributed by atoms with Crippen molar-refractivity contribution in [3.8, 4) is 5.75 Å². The van der Waals surface area contributed by atoms with Gasteiger partial charge in [-0.2, -0.15) is 4.31 Å². The fourth-order valence-electron chi connectivity index (χ4n) is 3.39. The molecule has 2 N–H and O–H groups in total. The van der Waals surface area contributed by atoms with Gasteiger partial charge in [0.15, 0.2) is 0 Å². The van der Waals surface area contributed by atoms with E-state index in [4.69, 9.17) is 9.47 Å². The molecular formula is C22H27N3O6S. The molecule has 1 fully saturated rings. The van der Waals surface area contributed by atoms with Crippen molar-refractivity contribution in [3.05, 3.63) is 59.7 Å². The maximum Gasteiger partial charge on any atom is 0.309 e. The van der Waals surface area contributed by atoms with Gasteiger partial charge >= 0.3 is 11.8 Å². The van der Waals surface area contributed by atoms with Gasteiger partial charge in [0, 0.05) is 13.1 Å². The van der Waals surface area contributed by atoms with Gasteiger partial charge in [0.2, 0.25) is 10.0 Å². The minimum atomic E-state index is -3.85. The van der Waals surface area contributed by atoms with Crippen LogP contribution in [-0.4, -0.2) is 64.1 Å². The van der Waals surface area contributed by atoms with Gasteiger partial charge in [0.25, 0.3) is 0 Å². The zero-order valence-corrected chi connectivity index (χ0v) is 18.9. The van der Waals surface area contributed by atoms with Crippen LogP contribution in [0.4, 0.5) is 0 Å². The first kappa shape index (κ1) is 23.7. The van der Waals surface area contributed by atoms with Crippen molar-refractivity contribution in [2.45, 2.75) is 24.5 Å². The number of carbonyl (C=O) groups is 2. The van der Waals surface area contributed by atoms with E-state index < -0.39 is 28.1 Å². The van der Waals surface area contributed by atoms with Crippen LogP contribution in [0.3, 0.4) is 0 Å². The Morgan fingerprint density at radius 1 is 1.12 bits per heavy atom. The Morgan fingerprint density at radius 3 is 2.53 bits per heavy atom. The van der Waals surface area contributed by atoms with E-state index in [1.807, 2.05) is 30.3 Å². The van der Waals surface area contributed by atoms with E-state index in [9.17, 15) is 18.0 Å². The highest BCUT2D eigenvalue weighted by Crippen LogP contribution is 2.26. The van der Waals surface area contributed by atoms with E-state index in [-0.39, 0.29) is 24.6 Å². The summed E-state index contributed by atoms with van der Waals surface area (Å²) >= 11 is 0. The molecule has 0 aliphatic carbocycles. The molecule has 0 unspecified atom stereocenters. The van der Waals surface area contributed by atoms with Crippen LogP contribution in [0.5, 0.6) is 5.75 Å². The second kappa shape index (κ2) is 10.6. The zero-order valence-electron chi connectivity index (χ0n) is 18.0. The van der Waals surface area contributed by atoms with Crippen LogP contribution < -0.4 is 15.4 Å². The molecule has 172 valence electrons. The quantitative estimate of drug-likeness (QED) is 0.563. The fourth-order valence-corrected chi connectivity index (χ4v) is 4.99. The van der Waals surface area contributed by atoms with Crippen molar-refractivity contribution in [3.63, 3.8) is 0 Å². The Hall–Kier alpha value is -2.95. The summed E-state index contributed by atoms with van der Waals surface area (Å²) in [6.45, 7) is 2.27. The highest BCUT2D eigenvalue weighted by atomic mass is 32.2. The first-order valence-electron chi connectivity index (χ1n) is 10.2. The number of carbonyl (C=O) groups excluding carboxylic acids is 2. The van der Waals surface area contributed by atoms with Crippen molar-refractivity contribution in [1.29, 1.82) is 0 Å². The van der Waals surface area contributed by atoms with Crippen molar-refractivity contribution in [2.24, 2.45) is 0 Å². The average Bonchev–Trinajstić information content (AvgIpc) is 3.27. The third-order valence-electron chi connectivity index (χ3n) is 5.10. The molecule has 0 saturated carbocycles. The van der Waals surface area contributed by atoms with Gasteiger partial charge < -0.3 is 20.1 Å². The molecule has 0 aromatic heterocycles. The van der Waals surface area contributed by atoms with Crippen LogP contribution in [0, 0.1) is 6.92 Å². The molecule has 9 nitrogen and oxygen atoms in total. The summed E-state index contributed by atoms with van der Waals surface area (Å²) < 4.78 is 38.0. The Morgan fingerprint density at radius 2 is 1.84 bits per heavy atom. The Kier molecular flexibility index (Phi) is 7.84. The van der Waals surface area contributed by atoms with E-state index >= 15 is 0 Å². The first-order valence-corrected chi connectivity index (χ1v) is 11.6. The van der Waals surface area contributed by atoms with Crippen molar-refractivity contribution < 1.29 is 27.5 Å². The summed E-state index contributed by atoms with van der Waals surface area (Å²) in [4.78, 5) is 24.3. The Labute approximate surface area is 187 Å². The van der Waals surface area contributed by atoms with E-state index in [0.29, 0.717) is 24.3 Å². The van der Waals surface area contributed by atoms with Crippen LogP contribution in [0.25, 0.3) is 0 Å². The number of nitrogens with one attached hydrogen (secondary N) is 2. The zero-order chi connectivity index (χ0) is 23.1. The van der Waals surface area contributed by atoms with Gasteiger partial charge in [0.1, 0.15) is 12.0 Å². The van der Waals surface area contributed by atoms with Gasteiger partial charge in [-0.3, -0.25) is 9.59 Å². The summed E-state index contributed by atoms with van der Waals surface area (Å²) in [5.41, 5.74) is 1.73. The summed E-state index contributed by atoms with van der Waals surface area (Å²) in [6, 6.07) is 14.2. The largest absolute Gasteiger partial charge is 0.496 e. The number of ether oxygens (including phenoxy) is 2. The lowest BCUT2D eigenvalue weighted by Crippen LogP contribution is -2.47. The summed E-state index contributed by atoms with van der Waals surface area (Å²) in [6.07, 6.45) is -0.303. The predicted octanol–water partition coefficient (Wildman–Crippen LogP) is 0.826. The molecule has 0 radical (unpaired) electrons. The number of hydrogen-bond acceptors (Lipinski definition) is 6. The minimum absolute atomic E-state index is 0.108. The van der Waals surface area contributed by atoms with Crippen molar-refractivity contribution >= 4 is 21.8 Å². The maximum atomic E-state index is 13.1. The number of hydrogen-bond donors (Lipinski definition) is 2. The maximum absolute atomic E-state index is 13.1.